The fraction of sp³-hybridized carbons (Fsp3) is 0.250. The Bertz CT molecular complexity index is 208. The maximum absolute atomic E-state index is 9.29. The number of allylic oxidation sites excluding steroid dienone is 2. The summed E-state index contributed by atoms with van der Waals surface area (Å²) in [5, 5.41) is 13.5. The standard InChI is InChI=1S/C8H12N2O/c1-3-7-8(4-2)10(11)6-5-9-7/h3-4,9,11H,1-2,5-6H2. The predicted octanol–water partition coefficient (Wildman–Crippen LogP) is 0.864. The molecule has 1 heterocycles. The molecule has 1 rings (SSSR count). The van der Waals surface area contributed by atoms with Crippen LogP contribution in [0.2, 0.25) is 0 Å². The fourth-order valence-electron chi connectivity index (χ4n) is 1.04. The Morgan fingerprint density at radius 2 is 2.18 bits per heavy atom. The van der Waals surface area contributed by atoms with Crippen LogP contribution in [0, 0.1) is 0 Å². The minimum atomic E-state index is 0.582. The van der Waals surface area contributed by atoms with E-state index < -0.39 is 0 Å². The molecule has 3 nitrogen and oxygen atoms in total. The molecule has 0 unspecified atom stereocenters. The van der Waals surface area contributed by atoms with Crippen molar-refractivity contribution in [3.8, 4) is 0 Å². The van der Waals surface area contributed by atoms with Gasteiger partial charge in [-0.1, -0.05) is 13.2 Å². The molecule has 2 N–H and O–H groups in total. The van der Waals surface area contributed by atoms with Crippen molar-refractivity contribution in [3.63, 3.8) is 0 Å². The van der Waals surface area contributed by atoms with Crippen LogP contribution in [-0.2, 0) is 0 Å². The second kappa shape index (κ2) is 3.25. The van der Waals surface area contributed by atoms with Gasteiger partial charge in [0.2, 0.25) is 0 Å². The van der Waals surface area contributed by atoms with Crippen LogP contribution in [0.25, 0.3) is 0 Å². The molecule has 0 aromatic carbocycles. The third-order valence-corrected chi connectivity index (χ3v) is 1.59. The van der Waals surface area contributed by atoms with Crippen molar-refractivity contribution in [1.82, 2.24) is 10.4 Å². The first-order chi connectivity index (χ1) is 5.29. The molecule has 0 aromatic heterocycles. The first-order valence-electron chi connectivity index (χ1n) is 3.49. The topological polar surface area (TPSA) is 35.5 Å². The molecule has 60 valence electrons. The van der Waals surface area contributed by atoms with E-state index in [1.165, 1.54) is 5.06 Å². The van der Waals surface area contributed by atoms with Gasteiger partial charge in [-0.3, -0.25) is 10.3 Å². The minimum absolute atomic E-state index is 0.582. The van der Waals surface area contributed by atoms with Crippen LogP contribution in [0.3, 0.4) is 0 Å². The van der Waals surface area contributed by atoms with Gasteiger partial charge in [-0.15, -0.1) is 0 Å². The van der Waals surface area contributed by atoms with E-state index in [9.17, 15) is 5.21 Å². The van der Waals surface area contributed by atoms with Gasteiger partial charge in [-0.05, 0) is 12.2 Å². The van der Waals surface area contributed by atoms with Gasteiger partial charge in [0, 0.05) is 6.54 Å². The van der Waals surface area contributed by atoms with Crippen LogP contribution in [0.15, 0.2) is 36.7 Å². The number of nitrogens with zero attached hydrogens (tertiary/aromatic N) is 1. The molecule has 1 aliphatic rings. The third-order valence-electron chi connectivity index (χ3n) is 1.59. The molecule has 0 radical (unpaired) electrons. The summed E-state index contributed by atoms with van der Waals surface area (Å²) in [6.07, 6.45) is 3.27. The summed E-state index contributed by atoms with van der Waals surface area (Å²) in [7, 11) is 0. The smallest absolute Gasteiger partial charge is 0.0860 e. The van der Waals surface area contributed by atoms with Crippen molar-refractivity contribution in [2.45, 2.75) is 0 Å². The molecule has 0 aliphatic carbocycles. The molecular formula is C8H12N2O. The Morgan fingerprint density at radius 3 is 2.64 bits per heavy atom. The van der Waals surface area contributed by atoms with Crippen LogP contribution in [-0.4, -0.2) is 23.4 Å². The van der Waals surface area contributed by atoms with E-state index in [1.807, 2.05) is 0 Å². The minimum Gasteiger partial charge on any atom is -0.381 e. The molecule has 0 spiro atoms. The first-order valence-corrected chi connectivity index (χ1v) is 3.49. The van der Waals surface area contributed by atoms with Crippen molar-refractivity contribution in [2.24, 2.45) is 0 Å². The van der Waals surface area contributed by atoms with Crippen LogP contribution in [0.1, 0.15) is 0 Å². The number of hydroxylamine groups is 2. The molecule has 0 fully saturated rings. The SMILES string of the molecule is C=CC1=C(C=C)N(O)CCN1. The molecule has 0 saturated heterocycles. The van der Waals surface area contributed by atoms with E-state index in [0.717, 1.165) is 12.2 Å². The van der Waals surface area contributed by atoms with Gasteiger partial charge in [0.25, 0.3) is 0 Å². The van der Waals surface area contributed by atoms with Gasteiger partial charge >= 0.3 is 0 Å². The highest BCUT2D eigenvalue weighted by atomic mass is 16.5. The van der Waals surface area contributed by atoms with Crippen molar-refractivity contribution < 1.29 is 5.21 Å². The maximum Gasteiger partial charge on any atom is 0.0860 e. The Morgan fingerprint density at radius 1 is 1.45 bits per heavy atom. The summed E-state index contributed by atoms with van der Waals surface area (Å²) < 4.78 is 0. The lowest BCUT2D eigenvalue weighted by molar-refractivity contribution is -0.0552. The van der Waals surface area contributed by atoms with Crippen molar-refractivity contribution in [3.05, 3.63) is 36.7 Å². The zero-order chi connectivity index (χ0) is 8.27. The Hall–Kier alpha value is -1.22. The second-order valence-electron chi connectivity index (χ2n) is 2.26. The lowest BCUT2D eigenvalue weighted by Crippen LogP contribution is -2.35. The van der Waals surface area contributed by atoms with E-state index >= 15 is 0 Å². The lowest BCUT2D eigenvalue weighted by Gasteiger charge is -2.26. The van der Waals surface area contributed by atoms with E-state index in [2.05, 4.69) is 18.5 Å². The number of hydrogen-bond donors (Lipinski definition) is 2. The van der Waals surface area contributed by atoms with Crippen LogP contribution in [0.5, 0.6) is 0 Å². The average molecular weight is 152 g/mol. The molecule has 0 atom stereocenters. The van der Waals surface area contributed by atoms with E-state index in [0.29, 0.717) is 12.2 Å². The second-order valence-corrected chi connectivity index (χ2v) is 2.26. The number of hydrogen-bond acceptors (Lipinski definition) is 3. The van der Waals surface area contributed by atoms with Gasteiger partial charge in [-0.25, -0.2) is 0 Å². The molecule has 0 bridgehead atoms. The largest absolute Gasteiger partial charge is 0.381 e. The van der Waals surface area contributed by atoms with Crippen molar-refractivity contribution in [1.29, 1.82) is 0 Å². The molecular weight excluding hydrogens is 140 g/mol. The van der Waals surface area contributed by atoms with Gasteiger partial charge in [0.15, 0.2) is 0 Å². The molecule has 11 heavy (non-hydrogen) atoms. The number of rotatable bonds is 2. The van der Waals surface area contributed by atoms with Crippen molar-refractivity contribution >= 4 is 0 Å². The number of nitrogens with one attached hydrogen (secondary N) is 1. The van der Waals surface area contributed by atoms with E-state index in [-0.39, 0.29) is 0 Å². The Labute approximate surface area is 66.3 Å². The lowest BCUT2D eigenvalue weighted by atomic mass is 10.2. The molecule has 0 amide bonds. The monoisotopic (exact) mass is 152 g/mol. The van der Waals surface area contributed by atoms with Crippen LogP contribution in [0.4, 0.5) is 0 Å². The first kappa shape index (κ1) is 7.88. The molecule has 0 saturated carbocycles. The fourth-order valence-corrected chi connectivity index (χ4v) is 1.04. The zero-order valence-electron chi connectivity index (χ0n) is 6.38. The molecule has 3 heteroatoms. The zero-order valence-corrected chi connectivity index (χ0v) is 6.38. The summed E-state index contributed by atoms with van der Waals surface area (Å²) in [6.45, 7) is 8.51. The molecule has 0 aromatic rings. The van der Waals surface area contributed by atoms with Gasteiger partial charge in [-0.2, -0.15) is 0 Å². The summed E-state index contributed by atoms with van der Waals surface area (Å²) >= 11 is 0. The summed E-state index contributed by atoms with van der Waals surface area (Å²) in [5.74, 6) is 0. The van der Waals surface area contributed by atoms with E-state index in [1.54, 1.807) is 12.2 Å². The molecule has 1 aliphatic heterocycles. The summed E-state index contributed by atoms with van der Waals surface area (Å²) in [4.78, 5) is 0. The van der Waals surface area contributed by atoms with Crippen LogP contribution >= 0.6 is 0 Å². The normalized spacial score (nSPS) is 17.7. The van der Waals surface area contributed by atoms with Gasteiger partial charge < -0.3 is 5.32 Å². The highest BCUT2D eigenvalue weighted by molar-refractivity contribution is 5.29. The van der Waals surface area contributed by atoms with Gasteiger partial charge in [0.1, 0.15) is 0 Å². The highest BCUT2D eigenvalue weighted by Gasteiger charge is 2.12. The Kier molecular flexibility index (Phi) is 2.33. The summed E-state index contributed by atoms with van der Waals surface area (Å²) in [5.41, 5.74) is 1.51. The summed E-state index contributed by atoms with van der Waals surface area (Å²) in [6, 6.07) is 0. The quantitative estimate of drug-likeness (QED) is 0.616. The average Bonchev–Trinajstić information content (AvgIpc) is 2.04. The van der Waals surface area contributed by atoms with Crippen LogP contribution < -0.4 is 5.32 Å². The highest BCUT2D eigenvalue weighted by Crippen LogP contribution is 2.11. The van der Waals surface area contributed by atoms with Gasteiger partial charge in [0.05, 0.1) is 17.9 Å². The Balaban J connectivity index is 2.94. The predicted molar refractivity (Wildman–Crippen MR) is 43.9 cm³/mol. The third kappa shape index (κ3) is 1.43. The maximum atomic E-state index is 9.29. The van der Waals surface area contributed by atoms with E-state index in [4.69, 9.17) is 0 Å². The van der Waals surface area contributed by atoms with Crippen molar-refractivity contribution in [2.75, 3.05) is 13.1 Å².